The maximum Gasteiger partial charge on any atom is 0.255 e. The van der Waals surface area contributed by atoms with Gasteiger partial charge in [-0.2, -0.15) is 0 Å². The van der Waals surface area contributed by atoms with Gasteiger partial charge in [-0.3, -0.25) is 14.6 Å². The molecule has 160 valence electrons. The number of para-hydroxylation sites is 1. The summed E-state index contributed by atoms with van der Waals surface area (Å²) in [6.45, 7) is 2.38. The molecule has 0 fully saturated rings. The van der Waals surface area contributed by atoms with Crippen molar-refractivity contribution in [2.45, 2.75) is 19.5 Å². The van der Waals surface area contributed by atoms with Crippen molar-refractivity contribution in [3.63, 3.8) is 0 Å². The van der Waals surface area contributed by atoms with Crippen molar-refractivity contribution < 1.29 is 9.59 Å². The quantitative estimate of drug-likeness (QED) is 0.531. The maximum atomic E-state index is 13.4. The topological polar surface area (TPSA) is 67.2 Å². The number of nitrogens with zero attached hydrogens (tertiary/aromatic N) is 3. The SMILES string of the molecule is Cc1c([C@H]2c3ccccc3C(=O)N2CC(=O)NCc2ccccn2)c2ccccc2n1C. The molecule has 0 unspecified atom stereocenters. The summed E-state index contributed by atoms with van der Waals surface area (Å²) in [5, 5.41) is 4.00. The Kier molecular flexibility index (Phi) is 4.98. The van der Waals surface area contributed by atoms with E-state index in [1.807, 2.05) is 61.6 Å². The molecule has 0 saturated heterocycles. The summed E-state index contributed by atoms with van der Waals surface area (Å²) in [6, 6.07) is 21.1. The van der Waals surface area contributed by atoms with Gasteiger partial charge in [-0.15, -0.1) is 0 Å². The lowest BCUT2D eigenvalue weighted by atomic mass is 9.95. The Bertz CT molecular complexity index is 1330. The molecule has 3 heterocycles. The van der Waals surface area contributed by atoms with E-state index in [1.165, 1.54) is 0 Å². The van der Waals surface area contributed by atoms with Crippen LogP contribution in [0.1, 0.15) is 38.9 Å². The van der Waals surface area contributed by atoms with Gasteiger partial charge in [0.05, 0.1) is 18.3 Å². The number of aromatic nitrogens is 2. The zero-order chi connectivity index (χ0) is 22.2. The first-order chi connectivity index (χ1) is 15.6. The second-order valence-electron chi connectivity index (χ2n) is 8.10. The van der Waals surface area contributed by atoms with Crippen LogP contribution in [0.4, 0.5) is 0 Å². The number of hydrogen-bond donors (Lipinski definition) is 1. The Balaban J connectivity index is 1.52. The van der Waals surface area contributed by atoms with Gasteiger partial charge in [0, 0.05) is 41.0 Å². The summed E-state index contributed by atoms with van der Waals surface area (Å²) in [4.78, 5) is 32.2. The third kappa shape index (κ3) is 3.24. The van der Waals surface area contributed by atoms with Crippen LogP contribution in [-0.2, 0) is 18.4 Å². The number of benzene rings is 2. The molecule has 1 aliphatic heterocycles. The first-order valence-corrected chi connectivity index (χ1v) is 10.7. The van der Waals surface area contributed by atoms with E-state index in [4.69, 9.17) is 0 Å². The highest BCUT2D eigenvalue weighted by atomic mass is 16.2. The summed E-state index contributed by atoms with van der Waals surface area (Å²) in [5.41, 5.74) is 5.63. The molecule has 1 aliphatic rings. The number of nitrogens with one attached hydrogen (secondary N) is 1. The molecule has 4 aromatic rings. The van der Waals surface area contributed by atoms with Gasteiger partial charge in [0.1, 0.15) is 6.54 Å². The van der Waals surface area contributed by atoms with E-state index in [-0.39, 0.29) is 24.4 Å². The van der Waals surface area contributed by atoms with Gasteiger partial charge in [0.25, 0.3) is 5.91 Å². The fraction of sp³-hybridized carbons (Fsp3) is 0.192. The van der Waals surface area contributed by atoms with Crippen LogP contribution >= 0.6 is 0 Å². The Hall–Kier alpha value is -3.93. The molecule has 0 radical (unpaired) electrons. The highest BCUT2D eigenvalue weighted by Crippen LogP contribution is 2.43. The monoisotopic (exact) mass is 424 g/mol. The highest BCUT2D eigenvalue weighted by molar-refractivity contribution is 6.02. The van der Waals surface area contributed by atoms with E-state index in [0.717, 1.165) is 33.4 Å². The minimum absolute atomic E-state index is 0.0202. The van der Waals surface area contributed by atoms with Crippen LogP contribution in [0.2, 0.25) is 0 Å². The second-order valence-corrected chi connectivity index (χ2v) is 8.10. The summed E-state index contributed by atoms with van der Waals surface area (Å²) >= 11 is 0. The number of rotatable bonds is 5. The molecule has 5 rings (SSSR count). The fourth-order valence-corrected chi connectivity index (χ4v) is 4.64. The Morgan fingerprint density at radius 2 is 1.78 bits per heavy atom. The molecule has 2 aromatic carbocycles. The van der Waals surface area contributed by atoms with Crippen molar-refractivity contribution >= 4 is 22.7 Å². The van der Waals surface area contributed by atoms with Crippen molar-refractivity contribution in [2.75, 3.05) is 6.54 Å². The Morgan fingerprint density at radius 1 is 1.03 bits per heavy atom. The van der Waals surface area contributed by atoms with E-state index < -0.39 is 0 Å². The molecule has 6 nitrogen and oxygen atoms in total. The smallest absolute Gasteiger partial charge is 0.255 e. The van der Waals surface area contributed by atoms with Crippen LogP contribution in [0.5, 0.6) is 0 Å². The van der Waals surface area contributed by atoms with E-state index in [2.05, 4.69) is 33.9 Å². The van der Waals surface area contributed by atoms with Crippen LogP contribution in [-0.4, -0.2) is 32.8 Å². The largest absolute Gasteiger partial charge is 0.349 e. The molecule has 0 saturated carbocycles. The molecular formula is C26H24N4O2. The van der Waals surface area contributed by atoms with Crippen LogP contribution in [0.3, 0.4) is 0 Å². The molecule has 32 heavy (non-hydrogen) atoms. The lowest BCUT2D eigenvalue weighted by molar-refractivity contribution is -0.122. The lowest BCUT2D eigenvalue weighted by Crippen LogP contribution is -2.39. The number of carbonyl (C=O) groups is 2. The molecule has 0 spiro atoms. The van der Waals surface area contributed by atoms with Gasteiger partial charge < -0.3 is 14.8 Å². The predicted octanol–water partition coefficient (Wildman–Crippen LogP) is 3.74. The third-order valence-corrected chi connectivity index (χ3v) is 6.29. The van der Waals surface area contributed by atoms with Crippen LogP contribution in [0, 0.1) is 6.92 Å². The van der Waals surface area contributed by atoms with Crippen LogP contribution in [0.25, 0.3) is 10.9 Å². The van der Waals surface area contributed by atoms with Crippen LogP contribution in [0.15, 0.2) is 72.9 Å². The van der Waals surface area contributed by atoms with Gasteiger partial charge in [0.15, 0.2) is 0 Å². The maximum absolute atomic E-state index is 13.4. The molecule has 0 bridgehead atoms. The summed E-state index contributed by atoms with van der Waals surface area (Å²) < 4.78 is 2.15. The predicted molar refractivity (Wildman–Crippen MR) is 123 cm³/mol. The zero-order valence-corrected chi connectivity index (χ0v) is 18.1. The number of aryl methyl sites for hydroxylation is 1. The van der Waals surface area contributed by atoms with Crippen molar-refractivity contribution in [1.29, 1.82) is 0 Å². The standard InChI is InChI=1S/C26H24N4O2/c1-17-24(21-12-5-6-13-22(21)29(17)2)25-19-10-3-4-11-20(19)26(32)30(25)16-23(31)28-15-18-9-7-8-14-27-18/h3-14,25H,15-16H2,1-2H3,(H,28,31)/t25-/m1/s1. The number of hydrogen-bond acceptors (Lipinski definition) is 3. The van der Waals surface area contributed by atoms with Crippen molar-refractivity contribution in [1.82, 2.24) is 19.8 Å². The van der Waals surface area contributed by atoms with E-state index in [0.29, 0.717) is 12.1 Å². The number of pyridine rings is 1. The first-order valence-electron chi connectivity index (χ1n) is 10.7. The molecule has 2 aromatic heterocycles. The minimum atomic E-state index is -0.314. The molecule has 1 N–H and O–H groups in total. The molecule has 1 atom stereocenters. The molecule has 2 amide bonds. The van der Waals surface area contributed by atoms with Gasteiger partial charge >= 0.3 is 0 Å². The van der Waals surface area contributed by atoms with Crippen molar-refractivity contribution in [3.05, 3.63) is 101 Å². The lowest BCUT2D eigenvalue weighted by Gasteiger charge is -2.26. The number of carbonyl (C=O) groups excluding carboxylic acids is 2. The fourth-order valence-electron chi connectivity index (χ4n) is 4.64. The zero-order valence-electron chi connectivity index (χ0n) is 18.1. The van der Waals surface area contributed by atoms with Gasteiger partial charge in [-0.1, -0.05) is 42.5 Å². The average Bonchev–Trinajstić information content (AvgIpc) is 3.24. The molecule has 0 aliphatic carbocycles. The van der Waals surface area contributed by atoms with Crippen LogP contribution < -0.4 is 5.32 Å². The minimum Gasteiger partial charge on any atom is -0.349 e. The van der Waals surface area contributed by atoms with Gasteiger partial charge in [0.2, 0.25) is 5.91 Å². The van der Waals surface area contributed by atoms with Crippen molar-refractivity contribution in [2.24, 2.45) is 7.05 Å². The molecule has 6 heteroatoms. The van der Waals surface area contributed by atoms with E-state index >= 15 is 0 Å². The average molecular weight is 425 g/mol. The molecular weight excluding hydrogens is 400 g/mol. The first kappa shape index (κ1) is 20.0. The van der Waals surface area contributed by atoms with Gasteiger partial charge in [-0.25, -0.2) is 0 Å². The van der Waals surface area contributed by atoms with Crippen molar-refractivity contribution in [3.8, 4) is 0 Å². The second kappa shape index (κ2) is 7.96. The van der Waals surface area contributed by atoms with E-state index in [1.54, 1.807) is 11.1 Å². The third-order valence-electron chi connectivity index (χ3n) is 6.29. The summed E-state index contributed by atoms with van der Waals surface area (Å²) in [7, 11) is 2.04. The number of fused-ring (bicyclic) bond motifs is 2. The normalized spacial score (nSPS) is 15.2. The summed E-state index contributed by atoms with van der Waals surface area (Å²) in [5.74, 6) is -0.328. The summed E-state index contributed by atoms with van der Waals surface area (Å²) in [6.07, 6.45) is 1.70. The van der Waals surface area contributed by atoms with E-state index in [9.17, 15) is 9.59 Å². The Labute approximate surface area is 186 Å². The Morgan fingerprint density at radius 3 is 2.59 bits per heavy atom. The number of amides is 2. The highest BCUT2D eigenvalue weighted by Gasteiger charge is 2.40. The van der Waals surface area contributed by atoms with Gasteiger partial charge in [-0.05, 0) is 36.8 Å².